The van der Waals surface area contributed by atoms with Gasteiger partial charge in [0.1, 0.15) is 0 Å². The van der Waals surface area contributed by atoms with Crippen molar-refractivity contribution in [3.8, 4) is 0 Å². The molecule has 0 aliphatic rings. The molecule has 0 aliphatic carbocycles. The molecule has 4 heteroatoms. The predicted molar refractivity (Wildman–Crippen MR) is 70.2 cm³/mol. The SMILES string of the molecule is CCC(CC)N(C)C(=O)c1ccncc1NC. The number of carbonyl (C=O) groups excluding carboxylic acids is 1. The minimum Gasteiger partial charge on any atom is -0.386 e. The molecule has 94 valence electrons. The van der Waals surface area contributed by atoms with Gasteiger partial charge in [-0.05, 0) is 18.9 Å². The fraction of sp³-hybridized carbons (Fsp3) is 0.538. The highest BCUT2D eigenvalue weighted by atomic mass is 16.2. The van der Waals surface area contributed by atoms with E-state index in [1.165, 1.54) is 0 Å². The quantitative estimate of drug-likeness (QED) is 0.852. The second-order valence-electron chi connectivity index (χ2n) is 4.06. The summed E-state index contributed by atoms with van der Waals surface area (Å²) in [6.45, 7) is 4.20. The molecule has 17 heavy (non-hydrogen) atoms. The van der Waals surface area contributed by atoms with Gasteiger partial charge in [-0.25, -0.2) is 0 Å². The topological polar surface area (TPSA) is 45.2 Å². The van der Waals surface area contributed by atoms with Crippen molar-refractivity contribution in [3.05, 3.63) is 24.0 Å². The molecular weight excluding hydrogens is 214 g/mol. The molecule has 1 aromatic heterocycles. The van der Waals surface area contributed by atoms with Crippen LogP contribution in [0.3, 0.4) is 0 Å². The molecule has 0 bridgehead atoms. The standard InChI is InChI=1S/C13H21N3O/c1-5-10(6-2)16(4)13(17)11-7-8-15-9-12(11)14-3/h7-10,14H,5-6H2,1-4H3. The van der Waals surface area contributed by atoms with Crippen LogP contribution in [0.5, 0.6) is 0 Å². The number of pyridine rings is 1. The van der Waals surface area contributed by atoms with Gasteiger partial charge in [0, 0.05) is 26.3 Å². The van der Waals surface area contributed by atoms with Crippen LogP contribution in [0.4, 0.5) is 5.69 Å². The van der Waals surface area contributed by atoms with Crippen molar-refractivity contribution < 1.29 is 4.79 Å². The van der Waals surface area contributed by atoms with Crippen LogP contribution in [0.15, 0.2) is 18.5 Å². The largest absolute Gasteiger partial charge is 0.386 e. The van der Waals surface area contributed by atoms with Gasteiger partial charge in [0.15, 0.2) is 0 Å². The van der Waals surface area contributed by atoms with Crippen LogP contribution in [0, 0.1) is 0 Å². The van der Waals surface area contributed by atoms with Crippen molar-refractivity contribution in [1.82, 2.24) is 9.88 Å². The van der Waals surface area contributed by atoms with Gasteiger partial charge in [-0.3, -0.25) is 9.78 Å². The first kappa shape index (κ1) is 13.5. The molecule has 0 atom stereocenters. The van der Waals surface area contributed by atoms with Crippen LogP contribution >= 0.6 is 0 Å². The molecule has 0 saturated heterocycles. The lowest BCUT2D eigenvalue weighted by molar-refractivity contribution is 0.0724. The lowest BCUT2D eigenvalue weighted by atomic mass is 10.1. The molecule has 0 aliphatic heterocycles. The van der Waals surface area contributed by atoms with Crippen LogP contribution in [0.1, 0.15) is 37.0 Å². The molecule has 1 rings (SSSR count). The molecule has 1 heterocycles. The second-order valence-corrected chi connectivity index (χ2v) is 4.06. The van der Waals surface area contributed by atoms with Crippen molar-refractivity contribution in [3.63, 3.8) is 0 Å². The number of anilines is 1. The molecule has 1 N–H and O–H groups in total. The summed E-state index contributed by atoms with van der Waals surface area (Å²) in [5.41, 5.74) is 1.45. The van der Waals surface area contributed by atoms with Crippen molar-refractivity contribution in [2.24, 2.45) is 0 Å². The number of carbonyl (C=O) groups is 1. The zero-order valence-corrected chi connectivity index (χ0v) is 11.0. The Morgan fingerprint density at radius 1 is 1.47 bits per heavy atom. The zero-order valence-electron chi connectivity index (χ0n) is 11.0. The summed E-state index contributed by atoms with van der Waals surface area (Å²) in [5.74, 6) is 0.0467. The van der Waals surface area contributed by atoms with E-state index in [9.17, 15) is 4.79 Å². The number of nitrogens with one attached hydrogen (secondary N) is 1. The molecule has 0 fully saturated rings. The van der Waals surface area contributed by atoms with Gasteiger partial charge in [0.2, 0.25) is 0 Å². The second kappa shape index (κ2) is 6.23. The molecular formula is C13H21N3O. The van der Waals surface area contributed by atoms with Crippen molar-refractivity contribution >= 4 is 11.6 Å². The minimum absolute atomic E-state index is 0.0467. The van der Waals surface area contributed by atoms with Gasteiger partial charge >= 0.3 is 0 Å². The predicted octanol–water partition coefficient (Wildman–Crippen LogP) is 2.38. The fourth-order valence-corrected chi connectivity index (χ4v) is 1.97. The lowest BCUT2D eigenvalue weighted by Gasteiger charge is -2.27. The molecule has 0 spiro atoms. The number of hydrogen-bond acceptors (Lipinski definition) is 3. The van der Waals surface area contributed by atoms with E-state index in [2.05, 4.69) is 24.1 Å². The van der Waals surface area contributed by atoms with E-state index in [0.29, 0.717) is 11.6 Å². The Balaban J connectivity index is 2.95. The molecule has 0 saturated carbocycles. The van der Waals surface area contributed by atoms with Crippen LogP contribution in [0.25, 0.3) is 0 Å². The van der Waals surface area contributed by atoms with Gasteiger partial charge < -0.3 is 10.2 Å². The van der Waals surface area contributed by atoms with Crippen LogP contribution in [0.2, 0.25) is 0 Å². The summed E-state index contributed by atoms with van der Waals surface area (Å²) in [5, 5.41) is 3.00. The maximum absolute atomic E-state index is 12.3. The normalized spacial score (nSPS) is 10.4. The van der Waals surface area contributed by atoms with Crippen LogP contribution < -0.4 is 5.32 Å². The Hall–Kier alpha value is -1.58. The smallest absolute Gasteiger partial charge is 0.256 e. The van der Waals surface area contributed by atoms with E-state index in [1.807, 2.05) is 11.9 Å². The van der Waals surface area contributed by atoms with Crippen molar-refractivity contribution in [1.29, 1.82) is 0 Å². The first-order chi connectivity index (χ1) is 8.15. The van der Waals surface area contributed by atoms with E-state index in [4.69, 9.17) is 0 Å². The fourth-order valence-electron chi connectivity index (χ4n) is 1.97. The van der Waals surface area contributed by atoms with Crippen molar-refractivity contribution in [2.45, 2.75) is 32.7 Å². The van der Waals surface area contributed by atoms with Crippen LogP contribution in [-0.2, 0) is 0 Å². The third kappa shape index (κ3) is 2.96. The summed E-state index contributed by atoms with van der Waals surface area (Å²) in [6, 6.07) is 2.05. The van der Waals surface area contributed by atoms with Gasteiger partial charge in [0.05, 0.1) is 17.4 Å². The Bertz CT molecular complexity index is 375. The average molecular weight is 235 g/mol. The number of rotatable bonds is 5. The maximum atomic E-state index is 12.3. The van der Waals surface area contributed by atoms with E-state index >= 15 is 0 Å². The Morgan fingerprint density at radius 3 is 2.65 bits per heavy atom. The van der Waals surface area contributed by atoms with Gasteiger partial charge in [-0.2, -0.15) is 0 Å². The molecule has 0 aromatic carbocycles. The first-order valence-electron chi connectivity index (χ1n) is 6.04. The Labute approximate surface area is 103 Å². The number of nitrogens with zero attached hydrogens (tertiary/aromatic N) is 2. The first-order valence-corrected chi connectivity index (χ1v) is 6.04. The molecule has 4 nitrogen and oxygen atoms in total. The summed E-state index contributed by atoms with van der Waals surface area (Å²) in [4.78, 5) is 18.2. The summed E-state index contributed by atoms with van der Waals surface area (Å²) in [6.07, 6.45) is 5.26. The van der Waals surface area contributed by atoms with E-state index in [1.54, 1.807) is 25.5 Å². The molecule has 0 radical (unpaired) electrons. The summed E-state index contributed by atoms with van der Waals surface area (Å²) >= 11 is 0. The lowest BCUT2D eigenvalue weighted by Crippen LogP contribution is -2.36. The van der Waals surface area contributed by atoms with E-state index in [-0.39, 0.29) is 5.91 Å². The third-order valence-corrected chi connectivity index (χ3v) is 3.13. The Morgan fingerprint density at radius 2 is 2.12 bits per heavy atom. The van der Waals surface area contributed by atoms with Gasteiger partial charge in [-0.15, -0.1) is 0 Å². The third-order valence-electron chi connectivity index (χ3n) is 3.13. The summed E-state index contributed by atoms with van der Waals surface area (Å²) < 4.78 is 0. The highest BCUT2D eigenvalue weighted by molar-refractivity contribution is 5.99. The zero-order chi connectivity index (χ0) is 12.8. The Kier molecular flexibility index (Phi) is 4.94. The number of aromatic nitrogens is 1. The van der Waals surface area contributed by atoms with Gasteiger partial charge in [0.25, 0.3) is 5.91 Å². The van der Waals surface area contributed by atoms with E-state index in [0.717, 1.165) is 18.5 Å². The number of hydrogen-bond donors (Lipinski definition) is 1. The van der Waals surface area contributed by atoms with Crippen molar-refractivity contribution in [2.75, 3.05) is 19.4 Å². The van der Waals surface area contributed by atoms with E-state index < -0.39 is 0 Å². The molecule has 1 amide bonds. The molecule has 1 aromatic rings. The average Bonchev–Trinajstić information content (AvgIpc) is 2.39. The highest BCUT2D eigenvalue weighted by Crippen LogP contribution is 2.17. The monoisotopic (exact) mass is 235 g/mol. The van der Waals surface area contributed by atoms with Gasteiger partial charge in [-0.1, -0.05) is 13.8 Å². The molecule has 0 unspecified atom stereocenters. The number of amides is 1. The summed E-state index contributed by atoms with van der Waals surface area (Å²) in [7, 11) is 3.66. The highest BCUT2D eigenvalue weighted by Gasteiger charge is 2.20. The minimum atomic E-state index is 0.0467. The van der Waals surface area contributed by atoms with Crippen LogP contribution in [-0.4, -0.2) is 35.9 Å². The maximum Gasteiger partial charge on any atom is 0.256 e.